The van der Waals surface area contributed by atoms with Crippen molar-refractivity contribution in [3.8, 4) is 0 Å². The largest absolute Gasteiger partial charge is 0.480 e. The van der Waals surface area contributed by atoms with E-state index in [4.69, 9.17) is 17.2 Å². The Kier molecular flexibility index (Phi) is 13.1. The highest BCUT2D eigenvalue weighted by Crippen LogP contribution is 2.08. The lowest BCUT2D eigenvalue weighted by Crippen LogP contribution is -2.58. The molecule has 0 aliphatic rings. The first-order chi connectivity index (χ1) is 16.9. The summed E-state index contributed by atoms with van der Waals surface area (Å²) in [5, 5.41) is 16.7. The number of aromatic nitrogens is 2. The monoisotopic (exact) mass is 510 g/mol. The number of H-pyrrole nitrogens is 1. The van der Waals surface area contributed by atoms with Gasteiger partial charge in [0.1, 0.15) is 18.1 Å². The molecule has 1 aromatic heterocycles. The number of hydrogen-bond acceptors (Lipinski definition) is 8. The number of unbranched alkanes of at least 4 members (excludes halogenated alkanes) is 1. The van der Waals surface area contributed by atoms with Crippen molar-refractivity contribution in [2.24, 2.45) is 23.1 Å². The van der Waals surface area contributed by atoms with Crippen molar-refractivity contribution in [1.29, 1.82) is 0 Å². The molecule has 4 atom stereocenters. The van der Waals surface area contributed by atoms with Crippen LogP contribution in [0.25, 0.3) is 0 Å². The lowest BCUT2D eigenvalue weighted by molar-refractivity contribution is -0.143. The van der Waals surface area contributed by atoms with Gasteiger partial charge in [0.25, 0.3) is 0 Å². The summed E-state index contributed by atoms with van der Waals surface area (Å²) in [4.78, 5) is 68.2. The summed E-state index contributed by atoms with van der Waals surface area (Å²) < 4.78 is 0. The molecular formula is C22H38N8O6. The lowest BCUT2D eigenvalue weighted by atomic mass is 10.0. The molecule has 36 heavy (non-hydrogen) atoms. The average molecular weight is 511 g/mol. The SMILES string of the molecule is CC(C)CC(NC(=O)C(CC(N)=O)NC(=O)C(CCCCN)NC(=O)C(N)Cc1cnc[nH]1)C(=O)O. The minimum Gasteiger partial charge on any atom is -0.480 e. The minimum absolute atomic E-state index is 0.0383. The highest BCUT2D eigenvalue weighted by molar-refractivity contribution is 5.96. The highest BCUT2D eigenvalue weighted by atomic mass is 16.4. The lowest BCUT2D eigenvalue weighted by Gasteiger charge is -2.25. The third kappa shape index (κ3) is 11.3. The maximum Gasteiger partial charge on any atom is 0.326 e. The zero-order valence-electron chi connectivity index (χ0n) is 20.7. The number of nitrogens with two attached hydrogens (primary N) is 3. The summed E-state index contributed by atoms with van der Waals surface area (Å²) >= 11 is 0. The van der Waals surface area contributed by atoms with Gasteiger partial charge in [-0.1, -0.05) is 13.8 Å². The molecule has 4 unspecified atom stereocenters. The van der Waals surface area contributed by atoms with E-state index in [2.05, 4.69) is 25.9 Å². The van der Waals surface area contributed by atoms with Gasteiger partial charge in [-0.3, -0.25) is 19.2 Å². The Morgan fingerprint density at radius 3 is 2.14 bits per heavy atom. The first kappa shape index (κ1) is 30.5. The fraction of sp³-hybridized carbons (Fsp3) is 0.636. The Balaban J connectivity index is 2.96. The fourth-order valence-corrected chi connectivity index (χ4v) is 3.41. The molecule has 0 bridgehead atoms. The second-order valence-corrected chi connectivity index (χ2v) is 8.99. The van der Waals surface area contributed by atoms with E-state index in [1.165, 1.54) is 12.5 Å². The zero-order chi connectivity index (χ0) is 27.3. The molecule has 1 rings (SSSR count). The fourth-order valence-electron chi connectivity index (χ4n) is 3.41. The van der Waals surface area contributed by atoms with E-state index in [1.807, 2.05) is 0 Å². The third-order valence-corrected chi connectivity index (χ3v) is 5.27. The van der Waals surface area contributed by atoms with Crippen LogP contribution in [-0.4, -0.2) is 75.4 Å². The summed E-state index contributed by atoms with van der Waals surface area (Å²) in [6, 6.07) is -4.71. The second kappa shape index (κ2) is 15.5. The maximum atomic E-state index is 13.0. The van der Waals surface area contributed by atoms with Gasteiger partial charge in [-0.15, -0.1) is 0 Å². The van der Waals surface area contributed by atoms with Crippen LogP contribution >= 0.6 is 0 Å². The van der Waals surface area contributed by atoms with Gasteiger partial charge in [0.05, 0.1) is 18.8 Å². The van der Waals surface area contributed by atoms with Crippen LogP contribution < -0.4 is 33.2 Å². The van der Waals surface area contributed by atoms with Crippen LogP contribution in [0.2, 0.25) is 0 Å². The topological polar surface area (TPSA) is 248 Å². The molecule has 0 spiro atoms. The van der Waals surface area contributed by atoms with Crippen LogP contribution in [0.4, 0.5) is 0 Å². The Morgan fingerprint density at radius 1 is 1.00 bits per heavy atom. The van der Waals surface area contributed by atoms with Crippen molar-refractivity contribution in [3.05, 3.63) is 18.2 Å². The van der Waals surface area contributed by atoms with E-state index >= 15 is 0 Å². The number of nitrogens with one attached hydrogen (secondary N) is 4. The second-order valence-electron chi connectivity index (χ2n) is 8.99. The zero-order valence-corrected chi connectivity index (χ0v) is 20.7. The first-order valence-electron chi connectivity index (χ1n) is 11.8. The number of imidazole rings is 1. The van der Waals surface area contributed by atoms with Crippen LogP contribution in [0.15, 0.2) is 12.5 Å². The molecule has 11 N–H and O–H groups in total. The van der Waals surface area contributed by atoms with Crippen molar-refractivity contribution < 1.29 is 29.1 Å². The quantitative estimate of drug-likeness (QED) is 0.106. The van der Waals surface area contributed by atoms with Gasteiger partial charge in [-0.25, -0.2) is 9.78 Å². The number of aromatic amines is 1. The number of carboxylic acid groups (broad SMARTS) is 1. The number of primary amides is 1. The molecule has 1 heterocycles. The summed E-state index contributed by atoms with van der Waals surface area (Å²) in [5.74, 6) is -4.39. The molecule has 0 saturated carbocycles. The molecule has 0 fully saturated rings. The summed E-state index contributed by atoms with van der Waals surface area (Å²) in [6.45, 7) is 3.95. The number of hydrogen-bond donors (Lipinski definition) is 8. The number of carbonyl (C=O) groups excluding carboxylic acids is 4. The maximum absolute atomic E-state index is 13.0. The van der Waals surface area contributed by atoms with Gasteiger partial charge in [0.15, 0.2) is 0 Å². The first-order valence-corrected chi connectivity index (χ1v) is 11.8. The molecule has 14 nitrogen and oxygen atoms in total. The van der Waals surface area contributed by atoms with E-state index in [-0.39, 0.29) is 25.2 Å². The Morgan fingerprint density at radius 2 is 1.61 bits per heavy atom. The number of carbonyl (C=O) groups is 5. The third-order valence-electron chi connectivity index (χ3n) is 5.27. The normalized spacial score (nSPS) is 14.4. The van der Waals surface area contributed by atoms with Crippen molar-refractivity contribution in [2.75, 3.05) is 6.54 Å². The number of aliphatic carboxylic acids is 1. The van der Waals surface area contributed by atoms with E-state index < -0.39 is 60.2 Å². The smallest absolute Gasteiger partial charge is 0.326 e. The predicted octanol–water partition coefficient (Wildman–Crippen LogP) is -2.13. The summed E-state index contributed by atoms with van der Waals surface area (Å²) in [6.07, 6.45) is 3.98. The van der Waals surface area contributed by atoms with Gasteiger partial charge < -0.3 is 43.2 Å². The standard InChI is InChI=1S/C22H38N8O6/c1-12(2)7-17(22(35)36)30-21(34)16(9-18(25)31)29-20(33)15(5-3-4-6-23)28-19(32)14(24)8-13-10-26-11-27-13/h10-12,14-17H,3-9,23-24H2,1-2H3,(H2,25,31)(H,26,27)(H,28,32)(H,29,33)(H,30,34)(H,35,36). The molecule has 202 valence electrons. The summed E-state index contributed by atoms with van der Waals surface area (Å²) in [5.41, 5.74) is 17.4. The van der Waals surface area contributed by atoms with Gasteiger partial charge >= 0.3 is 5.97 Å². The number of nitrogens with zero attached hydrogens (tertiary/aromatic N) is 1. The molecule has 14 heteroatoms. The minimum atomic E-state index is -1.43. The predicted molar refractivity (Wildman–Crippen MR) is 130 cm³/mol. The van der Waals surface area contributed by atoms with E-state index in [1.54, 1.807) is 13.8 Å². The Labute approximate surface area is 209 Å². The van der Waals surface area contributed by atoms with Crippen LogP contribution in [0.3, 0.4) is 0 Å². The average Bonchev–Trinajstić information content (AvgIpc) is 3.29. The number of carboxylic acids is 1. The number of rotatable bonds is 17. The van der Waals surface area contributed by atoms with E-state index in [0.717, 1.165) is 0 Å². The van der Waals surface area contributed by atoms with Crippen LogP contribution in [0.1, 0.15) is 51.6 Å². The molecule has 1 aromatic rings. The van der Waals surface area contributed by atoms with Gasteiger partial charge in [0, 0.05) is 18.3 Å². The van der Waals surface area contributed by atoms with Crippen molar-refractivity contribution in [3.63, 3.8) is 0 Å². The van der Waals surface area contributed by atoms with Crippen LogP contribution in [0, 0.1) is 5.92 Å². The molecule has 0 aliphatic carbocycles. The molecule has 0 aliphatic heterocycles. The molecule has 0 aromatic carbocycles. The van der Waals surface area contributed by atoms with Gasteiger partial charge in [0.2, 0.25) is 23.6 Å². The molecule has 0 radical (unpaired) electrons. The van der Waals surface area contributed by atoms with Gasteiger partial charge in [-0.2, -0.15) is 0 Å². The Hall–Kier alpha value is -3.52. The number of amides is 4. The van der Waals surface area contributed by atoms with Crippen LogP contribution in [0.5, 0.6) is 0 Å². The summed E-state index contributed by atoms with van der Waals surface area (Å²) in [7, 11) is 0. The molecular weight excluding hydrogens is 472 g/mol. The van der Waals surface area contributed by atoms with Gasteiger partial charge in [-0.05, 0) is 38.1 Å². The molecule has 4 amide bonds. The van der Waals surface area contributed by atoms with E-state index in [9.17, 15) is 29.1 Å². The van der Waals surface area contributed by atoms with Crippen molar-refractivity contribution in [2.45, 2.75) is 76.5 Å². The highest BCUT2D eigenvalue weighted by Gasteiger charge is 2.31. The van der Waals surface area contributed by atoms with Crippen LogP contribution in [-0.2, 0) is 30.4 Å². The van der Waals surface area contributed by atoms with Crippen molar-refractivity contribution >= 4 is 29.6 Å². The van der Waals surface area contributed by atoms with E-state index in [0.29, 0.717) is 25.1 Å². The molecule has 0 saturated heterocycles. The Bertz CT molecular complexity index is 876. The van der Waals surface area contributed by atoms with Crippen molar-refractivity contribution in [1.82, 2.24) is 25.9 Å².